The van der Waals surface area contributed by atoms with Crippen LogP contribution >= 0.6 is 11.6 Å². The Morgan fingerprint density at radius 3 is 2.80 bits per heavy atom. The standard InChI is InChI=1S/C13H17ClO/c1-3-5-10(2)8-11-6-4-7-12(9-11)13(14)15/h4,6-7,9-10H,3,5,8H2,1-2H3. The summed E-state index contributed by atoms with van der Waals surface area (Å²) in [6.45, 7) is 4.42. The normalized spacial score (nSPS) is 12.5. The van der Waals surface area contributed by atoms with Crippen molar-refractivity contribution in [1.29, 1.82) is 0 Å². The largest absolute Gasteiger partial charge is 0.276 e. The Kier molecular flexibility index (Phi) is 4.83. The van der Waals surface area contributed by atoms with Crippen LogP contribution in [0.25, 0.3) is 0 Å². The average molecular weight is 225 g/mol. The third-order valence-corrected chi connectivity index (χ3v) is 2.74. The molecule has 1 rings (SSSR count). The van der Waals surface area contributed by atoms with Gasteiger partial charge in [-0.25, -0.2) is 0 Å². The lowest BCUT2D eigenvalue weighted by Crippen LogP contribution is -2.00. The highest BCUT2D eigenvalue weighted by atomic mass is 35.5. The van der Waals surface area contributed by atoms with Gasteiger partial charge in [-0.05, 0) is 35.6 Å². The maximum Gasteiger partial charge on any atom is 0.252 e. The Labute approximate surface area is 96.5 Å². The maximum atomic E-state index is 11.0. The number of hydrogen-bond acceptors (Lipinski definition) is 1. The van der Waals surface area contributed by atoms with E-state index < -0.39 is 0 Å². The van der Waals surface area contributed by atoms with E-state index in [4.69, 9.17) is 11.6 Å². The smallest absolute Gasteiger partial charge is 0.252 e. The molecule has 0 aromatic heterocycles. The van der Waals surface area contributed by atoms with Gasteiger partial charge in [0.2, 0.25) is 0 Å². The molecular formula is C13H17ClO. The van der Waals surface area contributed by atoms with E-state index in [1.807, 2.05) is 12.1 Å². The monoisotopic (exact) mass is 224 g/mol. The van der Waals surface area contributed by atoms with Gasteiger partial charge in [-0.2, -0.15) is 0 Å². The molecule has 0 aliphatic carbocycles. The fourth-order valence-corrected chi connectivity index (χ4v) is 1.94. The summed E-state index contributed by atoms with van der Waals surface area (Å²) < 4.78 is 0. The lowest BCUT2D eigenvalue weighted by Gasteiger charge is -2.10. The molecule has 15 heavy (non-hydrogen) atoms. The maximum absolute atomic E-state index is 11.0. The summed E-state index contributed by atoms with van der Waals surface area (Å²) in [5.74, 6) is 0.663. The molecule has 0 heterocycles. The van der Waals surface area contributed by atoms with E-state index in [0.717, 1.165) is 6.42 Å². The minimum absolute atomic E-state index is 0.375. The fourth-order valence-electron chi connectivity index (χ4n) is 1.82. The number of hydrogen-bond donors (Lipinski definition) is 0. The zero-order valence-electron chi connectivity index (χ0n) is 9.29. The summed E-state index contributed by atoms with van der Waals surface area (Å²) in [4.78, 5) is 11.0. The van der Waals surface area contributed by atoms with Crippen molar-refractivity contribution in [3.63, 3.8) is 0 Å². The summed E-state index contributed by atoms with van der Waals surface area (Å²) in [6.07, 6.45) is 3.44. The van der Waals surface area contributed by atoms with Crippen molar-refractivity contribution in [1.82, 2.24) is 0 Å². The van der Waals surface area contributed by atoms with Crippen LogP contribution in [0.15, 0.2) is 24.3 Å². The molecule has 0 fully saturated rings. The van der Waals surface area contributed by atoms with Gasteiger partial charge in [0.15, 0.2) is 0 Å². The molecular weight excluding hydrogens is 208 g/mol. The van der Waals surface area contributed by atoms with Gasteiger partial charge in [0.05, 0.1) is 0 Å². The van der Waals surface area contributed by atoms with E-state index in [-0.39, 0.29) is 5.24 Å². The molecule has 0 radical (unpaired) electrons. The lowest BCUT2D eigenvalue weighted by atomic mass is 9.96. The highest BCUT2D eigenvalue weighted by molar-refractivity contribution is 6.67. The van der Waals surface area contributed by atoms with Gasteiger partial charge in [0.1, 0.15) is 0 Å². The van der Waals surface area contributed by atoms with E-state index in [9.17, 15) is 4.79 Å². The Bertz CT molecular complexity index is 333. The molecule has 0 spiro atoms. The van der Waals surface area contributed by atoms with Crippen LogP contribution in [0.4, 0.5) is 0 Å². The van der Waals surface area contributed by atoms with Crippen LogP contribution in [0.5, 0.6) is 0 Å². The summed E-state index contributed by atoms with van der Waals surface area (Å²) in [7, 11) is 0. The van der Waals surface area contributed by atoms with E-state index in [0.29, 0.717) is 11.5 Å². The lowest BCUT2D eigenvalue weighted by molar-refractivity contribution is 0.108. The van der Waals surface area contributed by atoms with Crippen LogP contribution in [0.3, 0.4) is 0 Å². The molecule has 82 valence electrons. The van der Waals surface area contributed by atoms with Gasteiger partial charge < -0.3 is 0 Å². The van der Waals surface area contributed by atoms with Crippen molar-refractivity contribution >= 4 is 16.8 Å². The second-order valence-electron chi connectivity index (χ2n) is 4.07. The molecule has 0 N–H and O–H groups in total. The highest BCUT2D eigenvalue weighted by Gasteiger charge is 2.05. The molecule has 0 saturated heterocycles. The molecule has 0 aliphatic heterocycles. The molecule has 1 atom stereocenters. The molecule has 0 amide bonds. The van der Waals surface area contributed by atoms with E-state index >= 15 is 0 Å². The van der Waals surface area contributed by atoms with Crippen LogP contribution in [-0.2, 0) is 6.42 Å². The number of carbonyl (C=O) groups is 1. The van der Waals surface area contributed by atoms with E-state index in [2.05, 4.69) is 19.9 Å². The van der Waals surface area contributed by atoms with E-state index in [1.165, 1.54) is 18.4 Å². The third-order valence-electron chi connectivity index (χ3n) is 2.52. The first kappa shape index (κ1) is 12.3. The number of halogens is 1. The predicted octanol–water partition coefficient (Wildman–Crippen LogP) is 4.04. The van der Waals surface area contributed by atoms with Gasteiger partial charge in [0, 0.05) is 5.56 Å². The van der Waals surface area contributed by atoms with Gasteiger partial charge >= 0.3 is 0 Å². The molecule has 1 unspecified atom stereocenters. The molecule has 0 aliphatic rings. The van der Waals surface area contributed by atoms with Crippen LogP contribution in [0.2, 0.25) is 0 Å². The minimum atomic E-state index is -0.375. The predicted molar refractivity (Wildman–Crippen MR) is 64.4 cm³/mol. The van der Waals surface area contributed by atoms with Gasteiger partial charge in [-0.3, -0.25) is 4.79 Å². The van der Waals surface area contributed by atoms with Crippen molar-refractivity contribution in [2.24, 2.45) is 5.92 Å². The third kappa shape index (κ3) is 4.05. The van der Waals surface area contributed by atoms with Gasteiger partial charge in [-0.15, -0.1) is 0 Å². The van der Waals surface area contributed by atoms with Gasteiger partial charge in [-0.1, -0.05) is 44.9 Å². The van der Waals surface area contributed by atoms with Crippen LogP contribution in [0, 0.1) is 5.92 Å². The van der Waals surface area contributed by atoms with Crippen LogP contribution in [-0.4, -0.2) is 5.24 Å². The van der Waals surface area contributed by atoms with Gasteiger partial charge in [0.25, 0.3) is 5.24 Å². The molecule has 1 aromatic rings. The Balaban J connectivity index is 2.69. The van der Waals surface area contributed by atoms with Crippen molar-refractivity contribution in [2.75, 3.05) is 0 Å². The van der Waals surface area contributed by atoms with Crippen molar-refractivity contribution in [2.45, 2.75) is 33.1 Å². The molecule has 0 saturated carbocycles. The molecule has 0 bridgehead atoms. The zero-order chi connectivity index (χ0) is 11.3. The molecule has 1 nitrogen and oxygen atoms in total. The topological polar surface area (TPSA) is 17.1 Å². The first-order valence-electron chi connectivity index (χ1n) is 5.42. The van der Waals surface area contributed by atoms with E-state index in [1.54, 1.807) is 6.07 Å². The first-order valence-corrected chi connectivity index (χ1v) is 5.80. The Morgan fingerprint density at radius 2 is 2.20 bits per heavy atom. The second kappa shape index (κ2) is 5.92. The second-order valence-corrected chi connectivity index (χ2v) is 4.42. The van der Waals surface area contributed by atoms with Crippen LogP contribution < -0.4 is 0 Å². The number of carbonyl (C=O) groups excluding carboxylic acids is 1. The Hall–Kier alpha value is -0.820. The van der Waals surface area contributed by atoms with Crippen LogP contribution in [0.1, 0.15) is 42.6 Å². The van der Waals surface area contributed by atoms with Crippen molar-refractivity contribution in [3.8, 4) is 0 Å². The summed E-state index contributed by atoms with van der Waals surface area (Å²) >= 11 is 5.43. The van der Waals surface area contributed by atoms with Crippen molar-refractivity contribution in [3.05, 3.63) is 35.4 Å². The SMILES string of the molecule is CCCC(C)Cc1cccc(C(=O)Cl)c1. The quantitative estimate of drug-likeness (QED) is 0.690. The molecule has 1 aromatic carbocycles. The minimum Gasteiger partial charge on any atom is -0.276 e. The zero-order valence-corrected chi connectivity index (χ0v) is 10.1. The number of benzene rings is 1. The molecule has 2 heteroatoms. The summed E-state index contributed by atoms with van der Waals surface area (Å²) in [5.41, 5.74) is 1.79. The first-order chi connectivity index (χ1) is 7.13. The average Bonchev–Trinajstić information content (AvgIpc) is 2.18. The van der Waals surface area contributed by atoms with Crippen molar-refractivity contribution < 1.29 is 4.79 Å². The fraction of sp³-hybridized carbons (Fsp3) is 0.462. The highest BCUT2D eigenvalue weighted by Crippen LogP contribution is 2.15. The summed E-state index contributed by atoms with van der Waals surface area (Å²) in [6, 6.07) is 7.59. The summed E-state index contributed by atoms with van der Waals surface area (Å²) in [5, 5.41) is -0.375. The number of rotatable bonds is 5. The Morgan fingerprint density at radius 1 is 1.47 bits per heavy atom.